The molecule has 0 N–H and O–H groups in total. The van der Waals surface area contributed by atoms with E-state index in [1.54, 1.807) is 29.8 Å². The van der Waals surface area contributed by atoms with Crippen LogP contribution in [0.5, 0.6) is 0 Å². The fourth-order valence-corrected chi connectivity index (χ4v) is 1.95. The summed E-state index contributed by atoms with van der Waals surface area (Å²) in [5.74, 6) is 0. The van der Waals surface area contributed by atoms with Crippen molar-refractivity contribution in [3.63, 3.8) is 0 Å². The van der Waals surface area contributed by atoms with Crippen LogP contribution in [-0.2, 0) is 0 Å². The fourth-order valence-electron chi connectivity index (χ4n) is 1.03. The minimum atomic E-state index is 0.718. The number of hydrogen-bond acceptors (Lipinski definition) is 3. The second-order valence-corrected chi connectivity index (χ2v) is 4.67. The van der Waals surface area contributed by atoms with Gasteiger partial charge in [0, 0.05) is 16.9 Å². The first-order valence-electron chi connectivity index (χ1n) is 7.50. The van der Waals surface area contributed by atoms with E-state index >= 15 is 0 Å². The molecule has 0 aliphatic rings. The van der Waals surface area contributed by atoms with Crippen molar-refractivity contribution in [2.75, 3.05) is 0 Å². The molecule has 22 heavy (non-hydrogen) atoms. The number of hydrogen-bond donors (Lipinski definition) is 1. The minimum absolute atomic E-state index is 0.718. The molecule has 0 aromatic carbocycles. The van der Waals surface area contributed by atoms with Gasteiger partial charge in [0.2, 0.25) is 0 Å². The predicted molar refractivity (Wildman–Crippen MR) is 112 cm³/mol. The number of allylic oxidation sites excluding steroid dienone is 2. The van der Waals surface area contributed by atoms with E-state index in [4.69, 9.17) is 0 Å². The maximum atomic E-state index is 3.92. The Kier molecular flexibility index (Phi) is 25.6. The second kappa shape index (κ2) is 22.0. The quantitative estimate of drug-likeness (QED) is 0.418. The molecule has 1 rings (SSSR count). The summed E-state index contributed by atoms with van der Waals surface area (Å²) in [6.45, 7) is 19.1. The van der Waals surface area contributed by atoms with Gasteiger partial charge in [0.05, 0.1) is 0 Å². The maximum absolute atomic E-state index is 3.92. The van der Waals surface area contributed by atoms with Crippen molar-refractivity contribution < 1.29 is 0 Å². The van der Waals surface area contributed by atoms with Crippen LogP contribution in [0.25, 0.3) is 12.2 Å². The zero-order chi connectivity index (χ0) is 17.8. The number of thiol groups is 1. The second-order valence-electron chi connectivity index (χ2n) is 3.15. The Morgan fingerprint density at radius 2 is 1.82 bits per heavy atom. The fraction of sp³-hybridized carbons (Fsp3) is 0.316. The van der Waals surface area contributed by atoms with Crippen LogP contribution in [0.15, 0.2) is 52.9 Å². The zero-order valence-corrected chi connectivity index (χ0v) is 16.5. The molecule has 1 heterocycles. The van der Waals surface area contributed by atoms with Crippen LogP contribution in [0.4, 0.5) is 0 Å². The Morgan fingerprint density at radius 3 is 2.23 bits per heavy atom. The molecule has 3 heteroatoms. The smallest absolute Gasteiger partial charge is 0.0339 e. The Bertz CT molecular complexity index is 534. The maximum Gasteiger partial charge on any atom is 0.0339 e. The summed E-state index contributed by atoms with van der Waals surface area (Å²) < 4.78 is 1.29. The molecule has 0 fully saturated rings. The topological polar surface area (TPSA) is 12.4 Å². The van der Waals surface area contributed by atoms with E-state index in [9.17, 15) is 0 Å². The largest absolute Gasteiger partial charge is 0.269 e. The van der Waals surface area contributed by atoms with Crippen molar-refractivity contribution in [2.24, 2.45) is 4.99 Å². The predicted octanol–water partition coefficient (Wildman–Crippen LogP) is 5.60. The molecule has 0 aliphatic carbocycles. The third-order valence-corrected chi connectivity index (χ3v) is 2.86. The van der Waals surface area contributed by atoms with Gasteiger partial charge in [-0.05, 0) is 47.6 Å². The van der Waals surface area contributed by atoms with Crippen LogP contribution < -0.4 is 9.75 Å². The molecule has 1 aromatic rings. The monoisotopic (exact) mass is 337 g/mol. The van der Waals surface area contributed by atoms with E-state index in [1.165, 1.54) is 9.75 Å². The van der Waals surface area contributed by atoms with Crippen LogP contribution in [-0.4, -0.2) is 6.21 Å². The third-order valence-electron chi connectivity index (χ3n) is 1.81. The molecular weight excluding hydrogens is 306 g/mol. The van der Waals surface area contributed by atoms with Crippen molar-refractivity contribution in [1.29, 1.82) is 0 Å². The van der Waals surface area contributed by atoms with Crippen LogP contribution in [0.1, 0.15) is 41.5 Å². The van der Waals surface area contributed by atoms with Crippen molar-refractivity contribution in [3.05, 3.63) is 57.6 Å². The lowest BCUT2D eigenvalue weighted by Crippen LogP contribution is -2.15. The molecule has 0 saturated heterocycles. The number of nitrogens with zero attached hydrogens (tertiary/aromatic N) is 1. The lowest BCUT2D eigenvalue weighted by molar-refractivity contribution is 1.50. The summed E-state index contributed by atoms with van der Waals surface area (Å²) in [5.41, 5.74) is 0. The number of thiophene rings is 1. The van der Waals surface area contributed by atoms with E-state index in [0.717, 1.165) is 4.91 Å². The lowest BCUT2D eigenvalue weighted by atomic mass is 10.4. The molecule has 0 amide bonds. The Balaban J connectivity index is -0.000000272. The highest BCUT2D eigenvalue weighted by molar-refractivity contribution is 7.84. The van der Waals surface area contributed by atoms with E-state index in [-0.39, 0.29) is 0 Å². The highest BCUT2D eigenvalue weighted by atomic mass is 32.1. The van der Waals surface area contributed by atoms with Gasteiger partial charge >= 0.3 is 0 Å². The van der Waals surface area contributed by atoms with Gasteiger partial charge in [-0.15, -0.1) is 24.0 Å². The highest BCUT2D eigenvalue weighted by Crippen LogP contribution is 1.95. The van der Waals surface area contributed by atoms with Gasteiger partial charge in [-0.25, -0.2) is 0 Å². The van der Waals surface area contributed by atoms with Gasteiger partial charge in [-0.2, -0.15) is 0 Å². The van der Waals surface area contributed by atoms with E-state index in [0.29, 0.717) is 0 Å². The molecule has 1 nitrogen and oxygen atoms in total. The summed E-state index contributed by atoms with van der Waals surface area (Å²) in [6.07, 6.45) is 11.0. The van der Waals surface area contributed by atoms with Gasteiger partial charge in [0.25, 0.3) is 0 Å². The van der Waals surface area contributed by atoms with Crippen molar-refractivity contribution >= 4 is 42.3 Å². The minimum Gasteiger partial charge on any atom is -0.269 e. The first-order chi connectivity index (χ1) is 10.7. The molecule has 0 aliphatic heterocycles. The van der Waals surface area contributed by atoms with Gasteiger partial charge in [0.15, 0.2) is 0 Å². The Labute approximate surface area is 146 Å². The normalized spacial score (nSPS) is 11.0. The molecule has 0 unspecified atom stereocenters. The molecule has 124 valence electrons. The molecule has 1 aromatic heterocycles. The molecule has 0 atom stereocenters. The Hall–Kier alpha value is -1.32. The molecular formula is C19H31NS2. The van der Waals surface area contributed by atoms with Gasteiger partial charge < -0.3 is 0 Å². The average Bonchev–Trinajstić information content (AvgIpc) is 3.00. The summed E-state index contributed by atoms with van der Waals surface area (Å²) in [4.78, 5) is 4.51. The highest BCUT2D eigenvalue weighted by Gasteiger charge is 1.80. The van der Waals surface area contributed by atoms with Crippen LogP contribution in [0.2, 0.25) is 0 Å². The van der Waals surface area contributed by atoms with Gasteiger partial charge in [-0.1, -0.05) is 53.0 Å². The summed E-state index contributed by atoms with van der Waals surface area (Å²) in [7, 11) is 0. The SMILES string of the molecule is C=C(S)/C=C\N=CC.C=C/C=c1/scc/c1=C/C.CC.CC. The third kappa shape index (κ3) is 16.7. The summed E-state index contributed by atoms with van der Waals surface area (Å²) >= 11 is 5.66. The zero-order valence-electron chi connectivity index (χ0n) is 14.8. The molecule has 0 spiro atoms. The first kappa shape index (κ1) is 25.6. The van der Waals surface area contributed by atoms with E-state index in [1.807, 2.05) is 53.7 Å². The summed E-state index contributed by atoms with van der Waals surface area (Å²) in [5, 5.41) is 3.38. The van der Waals surface area contributed by atoms with E-state index in [2.05, 4.69) is 48.3 Å². The average molecular weight is 338 g/mol. The van der Waals surface area contributed by atoms with Crippen LogP contribution >= 0.6 is 24.0 Å². The van der Waals surface area contributed by atoms with Crippen LogP contribution in [0.3, 0.4) is 0 Å². The van der Waals surface area contributed by atoms with Gasteiger partial charge in [-0.3, -0.25) is 4.99 Å². The van der Waals surface area contributed by atoms with Crippen molar-refractivity contribution in [1.82, 2.24) is 0 Å². The van der Waals surface area contributed by atoms with Gasteiger partial charge in [0.1, 0.15) is 0 Å². The van der Waals surface area contributed by atoms with Crippen LogP contribution in [0, 0.1) is 0 Å². The van der Waals surface area contributed by atoms with E-state index < -0.39 is 0 Å². The van der Waals surface area contributed by atoms with Crippen molar-refractivity contribution in [2.45, 2.75) is 41.5 Å². The Morgan fingerprint density at radius 1 is 1.23 bits per heavy atom. The number of aliphatic imine (C=N–C) groups is 1. The summed E-state index contributed by atoms with van der Waals surface area (Å²) in [6, 6.07) is 2.11. The molecule has 0 saturated carbocycles. The number of rotatable bonds is 3. The lowest BCUT2D eigenvalue weighted by Gasteiger charge is -1.77. The molecule has 0 bridgehead atoms. The first-order valence-corrected chi connectivity index (χ1v) is 8.83. The molecule has 0 radical (unpaired) electrons. The standard InChI is InChI=1S/C9H10S.C6H9NS.2C2H6/c1-3-5-9-8(4-2)6-7-10-9;1-3-7-5-4-6(2)8;2*1-2/h3-7H,1H2,2H3;3-5,8H,2H2,1H3;2*1-2H3/b8-4-,9-5+;5-4-,7-3?;;. The van der Waals surface area contributed by atoms with Crippen molar-refractivity contribution in [3.8, 4) is 0 Å².